The van der Waals surface area contributed by atoms with Crippen molar-refractivity contribution < 1.29 is 9.18 Å². The Morgan fingerprint density at radius 2 is 1.93 bits per heavy atom. The van der Waals surface area contributed by atoms with Crippen LogP contribution in [0.4, 0.5) is 10.3 Å². The number of nitrogens with zero attached hydrogens (tertiary/aromatic N) is 5. The summed E-state index contributed by atoms with van der Waals surface area (Å²) >= 11 is 0. The van der Waals surface area contributed by atoms with Gasteiger partial charge in [-0.3, -0.25) is 9.78 Å². The number of carbonyl (C=O) groups excluding carboxylic acids is 1. The third kappa shape index (κ3) is 4.15. The van der Waals surface area contributed by atoms with E-state index in [1.54, 1.807) is 36.7 Å². The number of hydrogen-bond donors (Lipinski definition) is 0. The molecule has 30 heavy (non-hydrogen) atoms. The fraction of sp³-hybridized carbons (Fsp3) is 0.304. The second-order valence-electron chi connectivity index (χ2n) is 7.68. The maximum absolute atomic E-state index is 13.4. The highest BCUT2D eigenvalue weighted by Gasteiger charge is 2.29. The summed E-state index contributed by atoms with van der Waals surface area (Å²) < 4.78 is 13.4. The van der Waals surface area contributed by atoms with E-state index in [9.17, 15) is 9.18 Å². The average Bonchev–Trinajstić information content (AvgIpc) is 2.79. The van der Waals surface area contributed by atoms with Crippen molar-refractivity contribution in [3.05, 3.63) is 72.1 Å². The first-order valence-electron chi connectivity index (χ1n) is 10.0. The lowest BCUT2D eigenvalue weighted by Crippen LogP contribution is -2.39. The molecular weight excluding hydrogens is 381 g/mol. The Balaban J connectivity index is 1.68. The Bertz CT molecular complexity index is 1020. The molecule has 0 N–H and O–H groups in total. The summed E-state index contributed by atoms with van der Waals surface area (Å²) in [4.78, 5) is 30.1. The lowest BCUT2D eigenvalue weighted by atomic mass is 9.89. The molecule has 4 rings (SSSR count). The van der Waals surface area contributed by atoms with E-state index in [2.05, 4.69) is 9.97 Å². The normalized spacial score (nSPS) is 16.4. The summed E-state index contributed by atoms with van der Waals surface area (Å²) in [6.45, 7) is 1.26. The monoisotopic (exact) mass is 405 g/mol. The van der Waals surface area contributed by atoms with Gasteiger partial charge < -0.3 is 9.80 Å². The summed E-state index contributed by atoms with van der Waals surface area (Å²) in [6, 6.07) is 11.7. The molecule has 154 valence electrons. The molecule has 0 radical (unpaired) electrons. The molecule has 0 bridgehead atoms. The van der Waals surface area contributed by atoms with E-state index in [0.717, 1.165) is 29.7 Å². The molecule has 6 nitrogen and oxygen atoms in total. The van der Waals surface area contributed by atoms with Crippen LogP contribution in [0.1, 0.15) is 34.9 Å². The summed E-state index contributed by atoms with van der Waals surface area (Å²) in [5.74, 6) is 0.332. The molecule has 3 heterocycles. The molecule has 0 aliphatic carbocycles. The van der Waals surface area contributed by atoms with E-state index in [1.165, 1.54) is 12.1 Å². The van der Waals surface area contributed by atoms with Crippen LogP contribution < -0.4 is 4.90 Å². The molecule has 3 aromatic rings. The predicted octanol–water partition coefficient (Wildman–Crippen LogP) is 3.76. The van der Waals surface area contributed by atoms with Crippen molar-refractivity contribution in [3.8, 4) is 11.1 Å². The molecule has 1 aromatic carbocycles. The zero-order valence-corrected chi connectivity index (χ0v) is 17.1. The molecule has 1 fully saturated rings. The highest BCUT2D eigenvalue weighted by Crippen LogP contribution is 2.34. The first kappa shape index (κ1) is 19.9. The number of anilines is 1. The van der Waals surface area contributed by atoms with Crippen LogP contribution in [-0.2, 0) is 0 Å². The number of halogens is 1. The minimum atomic E-state index is -0.282. The number of piperidine rings is 1. The van der Waals surface area contributed by atoms with Gasteiger partial charge in [-0.2, -0.15) is 0 Å². The Kier molecular flexibility index (Phi) is 5.70. The van der Waals surface area contributed by atoms with E-state index in [0.29, 0.717) is 24.7 Å². The number of rotatable bonds is 4. The van der Waals surface area contributed by atoms with Gasteiger partial charge >= 0.3 is 0 Å². The van der Waals surface area contributed by atoms with Gasteiger partial charge in [0.2, 0.25) is 5.95 Å². The van der Waals surface area contributed by atoms with Crippen LogP contribution in [0.3, 0.4) is 0 Å². The zero-order valence-electron chi connectivity index (χ0n) is 17.1. The molecule has 1 aliphatic heterocycles. The van der Waals surface area contributed by atoms with E-state index >= 15 is 0 Å². The van der Waals surface area contributed by atoms with E-state index in [4.69, 9.17) is 4.98 Å². The van der Waals surface area contributed by atoms with Gasteiger partial charge in [0.05, 0.1) is 5.69 Å². The number of likely N-dealkylation sites (tertiary alicyclic amines) is 1. The molecule has 1 unspecified atom stereocenters. The summed E-state index contributed by atoms with van der Waals surface area (Å²) in [6.07, 6.45) is 5.23. The van der Waals surface area contributed by atoms with Gasteiger partial charge in [0, 0.05) is 51.1 Å². The Morgan fingerprint density at radius 3 is 2.63 bits per heavy atom. The first-order chi connectivity index (χ1) is 14.5. The number of pyridine rings is 1. The van der Waals surface area contributed by atoms with Crippen molar-refractivity contribution in [1.82, 2.24) is 19.9 Å². The maximum Gasteiger partial charge on any atom is 0.272 e. The molecule has 0 saturated carbocycles. The molecule has 1 saturated heterocycles. The number of hydrogen-bond acceptors (Lipinski definition) is 5. The Hall–Kier alpha value is -3.35. The number of amides is 1. The van der Waals surface area contributed by atoms with Gasteiger partial charge in [-0.05, 0) is 42.7 Å². The van der Waals surface area contributed by atoms with Crippen molar-refractivity contribution in [1.29, 1.82) is 0 Å². The van der Waals surface area contributed by atoms with Gasteiger partial charge in [-0.15, -0.1) is 0 Å². The molecule has 1 atom stereocenters. The lowest BCUT2D eigenvalue weighted by Gasteiger charge is -2.33. The highest BCUT2D eigenvalue weighted by molar-refractivity contribution is 5.92. The van der Waals surface area contributed by atoms with Crippen LogP contribution in [0.5, 0.6) is 0 Å². The third-order valence-corrected chi connectivity index (χ3v) is 5.34. The quantitative estimate of drug-likeness (QED) is 0.661. The zero-order chi connectivity index (χ0) is 21.1. The Morgan fingerprint density at radius 1 is 1.13 bits per heavy atom. The van der Waals surface area contributed by atoms with Crippen molar-refractivity contribution in [2.45, 2.75) is 18.8 Å². The molecule has 1 amide bonds. The van der Waals surface area contributed by atoms with Crippen molar-refractivity contribution in [2.24, 2.45) is 0 Å². The van der Waals surface area contributed by atoms with Gasteiger partial charge in [-0.1, -0.05) is 18.2 Å². The highest BCUT2D eigenvalue weighted by atomic mass is 19.1. The predicted molar refractivity (Wildman–Crippen MR) is 114 cm³/mol. The van der Waals surface area contributed by atoms with Gasteiger partial charge in [-0.25, -0.2) is 14.4 Å². The minimum absolute atomic E-state index is 0.0631. The topological polar surface area (TPSA) is 62.2 Å². The fourth-order valence-electron chi connectivity index (χ4n) is 3.80. The largest absolute Gasteiger partial charge is 0.347 e. The van der Waals surface area contributed by atoms with Crippen molar-refractivity contribution in [3.63, 3.8) is 0 Å². The Labute approximate surface area is 175 Å². The van der Waals surface area contributed by atoms with E-state index < -0.39 is 0 Å². The van der Waals surface area contributed by atoms with Crippen molar-refractivity contribution in [2.75, 3.05) is 32.1 Å². The SMILES string of the molecule is CN(C)c1ncc(-c2ccc(F)cc2)c(C2CCCN(C(=O)c3ccccn3)C2)n1. The summed E-state index contributed by atoms with van der Waals surface area (Å²) in [7, 11) is 3.79. The molecular formula is C23H24FN5O. The molecule has 2 aromatic heterocycles. The van der Waals surface area contributed by atoms with Crippen LogP contribution in [0.15, 0.2) is 54.9 Å². The number of carbonyl (C=O) groups is 1. The second kappa shape index (κ2) is 8.57. The van der Waals surface area contributed by atoms with Gasteiger partial charge in [0.15, 0.2) is 0 Å². The average molecular weight is 405 g/mol. The smallest absolute Gasteiger partial charge is 0.272 e. The minimum Gasteiger partial charge on any atom is -0.347 e. The number of aromatic nitrogens is 3. The van der Waals surface area contributed by atoms with Gasteiger partial charge in [0.25, 0.3) is 5.91 Å². The third-order valence-electron chi connectivity index (χ3n) is 5.34. The summed E-state index contributed by atoms with van der Waals surface area (Å²) in [5, 5.41) is 0. The second-order valence-corrected chi connectivity index (χ2v) is 7.68. The first-order valence-corrected chi connectivity index (χ1v) is 10.0. The molecule has 1 aliphatic rings. The maximum atomic E-state index is 13.4. The fourth-order valence-corrected chi connectivity index (χ4v) is 3.80. The van der Waals surface area contributed by atoms with Crippen LogP contribution in [-0.4, -0.2) is 52.9 Å². The lowest BCUT2D eigenvalue weighted by molar-refractivity contribution is 0.0700. The van der Waals surface area contributed by atoms with Crippen molar-refractivity contribution >= 4 is 11.9 Å². The van der Waals surface area contributed by atoms with E-state index in [1.807, 2.05) is 30.0 Å². The standard InChI is InChI=1S/C23H24FN5O/c1-28(2)23-26-14-19(16-8-10-18(24)11-9-16)21(27-23)17-6-5-13-29(15-17)22(30)20-7-3-4-12-25-20/h3-4,7-12,14,17H,5-6,13,15H2,1-2H3. The van der Waals surface area contributed by atoms with Crippen LogP contribution in [0.25, 0.3) is 11.1 Å². The van der Waals surface area contributed by atoms with E-state index in [-0.39, 0.29) is 17.6 Å². The van der Waals surface area contributed by atoms with Crippen LogP contribution >= 0.6 is 0 Å². The van der Waals surface area contributed by atoms with Crippen LogP contribution in [0.2, 0.25) is 0 Å². The molecule has 0 spiro atoms. The molecule has 7 heteroatoms. The van der Waals surface area contributed by atoms with Gasteiger partial charge in [0.1, 0.15) is 11.5 Å². The van der Waals surface area contributed by atoms with Crippen LogP contribution in [0, 0.1) is 5.82 Å². The number of benzene rings is 1. The summed E-state index contributed by atoms with van der Waals surface area (Å²) in [5.41, 5.74) is 3.08.